The first-order valence-corrected chi connectivity index (χ1v) is 11.9. The second-order valence-corrected chi connectivity index (χ2v) is 9.90. The summed E-state index contributed by atoms with van der Waals surface area (Å²) in [6.07, 6.45) is 2.33. The van der Waals surface area contributed by atoms with Gasteiger partial charge in [0.2, 0.25) is 5.88 Å². The largest absolute Gasteiger partial charge is 0.506 e. The van der Waals surface area contributed by atoms with E-state index in [1.165, 1.54) is 22.7 Å². The smallest absolute Gasteiger partial charge is 0.473 e. The number of benzene rings is 1. The lowest BCUT2D eigenvalue weighted by Gasteiger charge is -2.52. The Bertz CT molecular complexity index is 1320. The summed E-state index contributed by atoms with van der Waals surface area (Å²) in [6, 6.07) is 7.14. The van der Waals surface area contributed by atoms with E-state index in [2.05, 4.69) is 10.4 Å². The first-order valence-electron chi connectivity index (χ1n) is 11.9. The molecule has 0 saturated heterocycles. The number of hydrogen-bond acceptors (Lipinski definition) is 5. The van der Waals surface area contributed by atoms with Crippen LogP contribution in [-0.4, -0.2) is 37.9 Å². The summed E-state index contributed by atoms with van der Waals surface area (Å²) < 4.78 is 40.6. The van der Waals surface area contributed by atoms with Gasteiger partial charge in [-0.25, -0.2) is 13.6 Å². The molecule has 0 atom stereocenters. The lowest BCUT2D eigenvalue weighted by Crippen LogP contribution is -2.59. The number of carbonyl (C=O) groups excluding carboxylic acids is 1. The van der Waals surface area contributed by atoms with E-state index in [1.807, 2.05) is 13.0 Å². The van der Waals surface area contributed by atoms with Gasteiger partial charge in [-0.2, -0.15) is 9.61 Å². The highest BCUT2D eigenvalue weighted by Gasteiger charge is 2.51. The highest BCUT2D eigenvalue weighted by molar-refractivity contribution is 6.02. The van der Waals surface area contributed by atoms with Gasteiger partial charge >= 0.3 is 6.16 Å². The summed E-state index contributed by atoms with van der Waals surface area (Å²) in [7, 11) is 0. The zero-order valence-corrected chi connectivity index (χ0v) is 20.1. The van der Waals surface area contributed by atoms with Crippen molar-refractivity contribution >= 4 is 17.6 Å². The summed E-state index contributed by atoms with van der Waals surface area (Å²) in [6.45, 7) is 3.23. The zero-order valence-electron chi connectivity index (χ0n) is 20.1. The lowest BCUT2D eigenvalue weighted by molar-refractivity contribution is -0.0930. The van der Waals surface area contributed by atoms with Crippen molar-refractivity contribution in [3.05, 3.63) is 64.4 Å². The van der Waals surface area contributed by atoms with Gasteiger partial charge in [-0.05, 0) is 76.1 Å². The Morgan fingerprint density at radius 2 is 1.72 bits per heavy atom. The van der Waals surface area contributed by atoms with Gasteiger partial charge in [0.05, 0.1) is 22.3 Å². The molecular weight excluding hydrogens is 472 g/mol. The number of aryl methyl sites for hydroxylation is 2. The first-order chi connectivity index (χ1) is 17.1. The molecule has 6 rings (SSSR count). The predicted octanol–water partition coefficient (Wildman–Crippen LogP) is 5.08. The second kappa shape index (κ2) is 8.76. The molecule has 8 nitrogen and oxygen atoms in total. The molecule has 3 aliphatic carbocycles. The van der Waals surface area contributed by atoms with Crippen molar-refractivity contribution in [2.75, 3.05) is 0 Å². The summed E-state index contributed by atoms with van der Waals surface area (Å²) in [4.78, 5) is 24.6. The van der Waals surface area contributed by atoms with E-state index in [-0.39, 0.29) is 24.0 Å². The van der Waals surface area contributed by atoms with Crippen LogP contribution in [0.2, 0.25) is 0 Å². The summed E-state index contributed by atoms with van der Waals surface area (Å²) in [5.41, 5.74) is 0.952. The molecule has 3 saturated carbocycles. The van der Waals surface area contributed by atoms with E-state index in [0.717, 1.165) is 5.56 Å². The Kier molecular flexibility index (Phi) is 5.84. The van der Waals surface area contributed by atoms with Gasteiger partial charge in [-0.15, -0.1) is 0 Å². The third-order valence-electron chi connectivity index (χ3n) is 7.53. The summed E-state index contributed by atoms with van der Waals surface area (Å²) in [5.74, 6) is -1.41. The highest BCUT2D eigenvalue weighted by Crippen LogP contribution is 2.49. The number of pyridine rings is 1. The topological polar surface area (TPSA) is 102 Å². The highest BCUT2D eigenvalue weighted by atomic mass is 19.1. The maximum Gasteiger partial charge on any atom is 0.506 e. The maximum absolute atomic E-state index is 14.1. The van der Waals surface area contributed by atoms with Gasteiger partial charge in [0.25, 0.3) is 5.91 Å². The van der Waals surface area contributed by atoms with Crippen LogP contribution in [-0.2, 0) is 11.3 Å². The number of rotatable bonds is 6. The van der Waals surface area contributed by atoms with E-state index in [4.69, 9.17) is 14.6 Å². The molecule has 2 aromatic heterocycles. The number of hydrogen-bond donors (Lipinski definition) is 2. The normalized spacial score (nSPS) is 23.0. The average Bonchev–Trinajstić information content (AvgIpc) is 3.15. The summed E-state index contributed by atoms with van der Waals surface area (Å²) >= 11 is 0. The monoisotopic (exact) mass is 499 g/mol. The van der Waals surface area contributed by atoms with Gasteiger partial charge in [0.1, 0.15) is 23.8 Å². The second-order valence-electron chi connectivity index (χ2n) is 9.90. The van der Waals surface area contributed by atoms with Crippen molar-refractivity contribution < 1.29 is 33.0 Å². The van der Waals surface area contributed by atoms with Crippen molar-refractivity contribution in [1.29, 1.82) is 0 Å². The van der Waals surface area contributed by atoms with Crippen molar-refractivity contribution in [2.45, 2.75) is 70.1 Å². The fourth-order valence-electron chi connectivity index (χ4n) is 5.54. The number of nitrogens with zero attached hydrogens (tertiary/aromatic N) is 2. The first kappa shape index (κ1) is 24.0. The predicted molar refractivity (Wildman–Crippen MR) is 125 cm³/mol. The Labute approximate surface area is 206 Å². The molecule has 3 aromatic rings. The van der Waals surface area contributed by atoms with E-state index >= 15 is 0 Å². The number of halogens is 2. The van der Waals surface area contributed by atoms with Crippen LogP contribution in [0.1, 0.15) is 65.7 Å². The van der Waals surface area contributed by atoms with E-state index in [1.54, 1.807) is 13.0 Å². The molecule has 2 N–H and O–H groups in total. The minimum absolute atomic E-state index is 0.189. The van der Waals surface area contributed by atoms with Gasteiger partial charge in [-0.1, -0.05) is 6.07 Å². The van der Waals surface area contributed by atoms with E-state index in [0.29, 0.717) is 55.3 Å². The molecular formula is C26H27F2N3O5. The van der Waals surface area contributed by atoms with Crippen LogP contribution in [0, 0.1) is 25.5 Å². The molecule has 36 heavy (non-hydrogen) atoms. The van der Waals surface area contributed by atoms with Gasteiger partial charge in [0, 0.05) is 11.6 Å². The minimum Gasteiger partial charge on any atom is -0.473 e. The molecule has 1 aromatic carbocycles. The fraction of sp³-hybridized carbons (Fsp3) is 0.423. The third-order valence-corrected chi connectivity index (χ3v) is 7.53. The number of fused-ring (bicyclic) bond motifs is 4. The van der Waals surface area contributed by atoms with Crippen molar-refractivity contribution in [3.63, 3.8) is 0 Å². The molecule has 0 spiro atoms. The zero-order chi connectivity index (χ0) is 25.7. The molecule has 2 bridgehead atoms. The van der Waals surface area contributed by atoms with Crippen LogP contribution in [0.3, 0.4) is 0 Å². The van der Waals surface area contributed by atoms with Crippen LogP contribution in [0.4, 0.5) is 13.6 Å². The number of aromatic nitrogens is 2. The molecule has 3 aliphatic rings. The lowest BCUT2D eigenvalue weighted by atomic mass is 9.63. The van der Waals surface area contributed by atoms with Crippen LogP contribution < -0.4 is 10.1 Å². The van der Waals surface area contributed by atoms with Crippen LogP contribution in [0.15, 0.2) is 30.3 Å². The maximum atomic E-state index is 14.1. The Morgan fingerprint density at radius 3 is 2.33 bits per heavy atom. The Morgan fingerprint density at radius 1 is 1.08 bits per heavy atom. The molecule has 10 heteroatoms. The Hall–Kier alpha value is -3.69. The molecule has 1 amide bonds. The number of nitrogens with one attached hydrogen (secondary N) is 1. The molecule has 2 heterocycles. The molecule has 0 aliphatic heterocycles. The van der Waals surface area contributed by atoms with Crippen LogP contribution in [0.5, 0.6) is 5.88 Å². The molecule has 3 fully saturated rings. The van der Waals surface area contributed by atoms with Crippen molar-refractivity contribution in [2.24, 2.45) is 0 Å². The molecule has 0 unspecified atom stereocenters. The average molecular weight is 500 g/mol. The van der Waals surface area contributed by atoms with Crippen molar-refractivity contribution in [3.8, 4) is 5.88 Å². The quantitative estimate of drug-likeness (QED) is 0.459. The van der Waals surface area contributed by atoms with Crippen LogP contribution >= 0.6 is 0 Å². The SMILES string of the molecule is Cc1cc(OCc2c(F)cccc2F)n2nc(C)c(C(=O)NC34CCC(OC(=O)O)(CC3)CC4)c2c1. The number of carboxylic acid groups (broad SMARTS) is 1. The van der Waals surface area contributed by atoms with Gasteiger partial charge in [0.15, 0.2) is 0 Å². The van der Waals surface area contributed by atoms with E-state index < -0.39 is 28.9 Å². The molecule has 0 radical (unpaired) electrons. The fourth-order valence-corrected chi connectivity index (χ4v) is 5.54. The van der Waals surface area contributed by atoms with Gasteiger partial charge in [-0.3, -0.25) is 4.79 Å². The number of ether oxygens (including phenoxy) is 2. The van der Waals surface area contributed by atoms with Crippen molar-refractivity contribution in [1.82, 2.24) is 14.9 Å². The number of carbonyl (C=O) groups is 2. The van der Waals surface area contributed by atoms with Gasteiger partial charge < -0.3 is 19.9 Å². The standard InChI is InChI=1S/C26H27F2N3O5/c1-15-12-20-22(23(32)29-25-6-9-26(10-7-25,11-8-25)36-24(33)34)16(2)30-31(20)21(13-15)35-14-17-18(27)4-3-5-19(17)28/h3-5,12-13H,6-11,14H2,1-2H3,(H,29,32)(H,33,34). The van der Waals surface area contributed by atoms with Crippen LogP contribution in [0.25, 0.3) is 5.52 Å². The number of amides is 1. The third kappa shape index (κ3) is 4.25. The summed E-state index contributed by atoms with van der Waals surface area (Å²) in [5, 5.41) is 16.8. The Balaban J connectivity index is 1.39. The minimum atomic E-state index is -1.26. The molecule has 190 valence electrons. The van der Waals surface area contributed by atoms with E-state index in [9.17, 15) is 18.4 Å².